The Morgan fingerprint density at radius 2 is 2.14 bits per heavy atom. The van der Waals surface area contributed by atoms with Crippen molar-refractivity contribution in [2.24, 2.45) is 0 Å². The molecular weight excluding hydrogens is 388 g/mol. The molecule has 1 unspecified atom stereocenters. The van der Waals surface area contributed by atoms with Crippen molar-refractivity contribution in [2.45, 2.75) is 32.6 Å². The number of allylic oxidation sites excluding steroid dienone is 1. The molecule has 4 rings (SSSR count). The molecule has 0 radical (unpaired) electrons. The zero-order valence-electron chi connectivity index (χ0n) is 16.2. The van der Waals surface area contributed by atoms with Gasteiger partial charge in [-0.15, -0.1) is 23.0 Å². The van der Waals surface area contributed by atoms with Gasteiger partial charge in [0.2, 0.25) is 4.77 Å². The van der Waals surface area contributed by atoms with Gasteiger partial charge in [0.15, 0.2) is 12.5 Å². The van der Waals surface area contributed by atoms with Crippen LogP contribution in [0.25, 0.3) is 11.4 Å². The number of benzene rings is 1. The third-order valence-corrected chi connectivity index (χ3v) is 6.90. The Hall–Kier alpha value is -2.22. The highest BCUT2D eigenvalue weighted by molar-refractivity contribution is 7.71. The predicted octanol–water partition coefficient (Wildman–Crippen LogP) is 3.50. The molecule has 1 aliphatic heterocycles. The lowest BCUT2D eigenvalue weighted by Crippen LogP contribution is -3.12. The zero-order chi connectivity index (χ0) is 19.7. The van der Waals surface area contributed by atoms with Crippen molar-refractivity contribution in [1.82, 2.24) is 14.3 Å². The van der Waals surface area contributed by atoms with Crippen molar-refractivity contribution >= 4 is 23.6 Å². The lowest BCUT2D eigenvalue weighted by atomic mass is 10.0. The Morgan fingerprint density at radius 1 is 1.36 bits per heavy atom. The Kier molecular flexibility index (Phi) is 5.48. The molecule has 0 bridgehead atoms. The summed E-state index contributed by atoms with van der Waals surface area (Å²) in [6.07, 6.45) is 2.99. The number of nitrogens with zero attached hydrogens (tertiary/aromatic N) is 3. The molecule has 0 amide bonds. The average molecular weight is 414 g/mol. The second-order valence-electron chi connectivity index (χ2n) is 7.07. The summed E-state index contributed by atoms with van der Waals surface area (Å²) in [5, 5.41) is 7.10. The van der Waals surface area contributed by atoms with Gasteiger partial charge in [0, 0.05) is 29.0 Å². The van der Waals surface area contributed by atoms with Crippen LogP contribution in [0.4, 0.5) is 0 Å². The molecule has 0 fully saturated rings. The minimum absolute atomic E-state index is 0.450. The van der Waals surface area contributed by atoms with Gasteiger partial charge in [0.25, 0.3) is 0 Å². The van der Waals surface area contributed by atoms with Crippen LogP contribution >= 0.6 is 23.6 Å². The molecule has 0 spiro atoms. The van der Waals surface area contributed by atoms with Crippen LogP contribution in [0.15, 0.2) is 48.4 Å². The van der Waals surface area contributed by atoms with Crippen molar-refractivity contribution in [3.05, 3.63) is 63.6 Å². The number of hydrogen-bond donors (Lipinski definition) is 1. The molecule has 0 aliphatic carbocycles. The standard InChI is InChI=1S/C21H24N4OS2/c1-4-11-24-20(16-5-7-17(26-3)8-6-16)22-25(21(24)27)14-23-12-9-19-18(15(23)2)10-13-28-19/h4-8,10,13,15H,1,9,11-12,14H2,2-3H3/p+1/t15-/m0/s1. The number of fused-ring (bicyclic) bond motifs is 1. The maximum atomic E-state index is 5.77. The second kappa shape index (κ2) is 8.03. The molecule has 3 aromatic rings. The van der Waals surface area contributed by atoms with Crippen LogP contribution in [0.2, 0.25) is 0 Å². The van der Waals surface area contributed by atoms with Crippen molar-refractivity contribution in [3.8, 4) is 17.1 Å². The van der Waals surface area contributed by atoms with Gasteiger partial charge in [-0.2, -0.15) is 4.68 Å². The quantitative estimate of drug-likeness (QED) is 0.496. The van der Waals surface area contributed by atoms with Crippen molar-refractivity contribution in [3.63, 3.8) is 0 Å². The summed E-state index contributed by atoms with van der Waals surface area (Å²) >= 11 is 7.65. The first-order valence-corrected chi connectivity index (χ1v) is 10.7. The SMILES string of the molecule is C=CCn1c(-c2ccc(OC)cc2)nn(C[NH+]2CCc3sccc3[C@@H]2C)c1=S. The van der Waals surface area contributed by atoms with Gasteiger partial charge in [-0.05, 0) is 54.9 Å². The third-order valence-electron chi connectivity index (χ3n) is 5.47. The Morgan fingerprint density at radius 3 is 2.86 bits per heavy atom. The first-order chi connectivity index (χ1) is 13.6. The highest BCUT2D eigenvalue weighted by Crippen LogP contribution is 2.25. The van der Waals surface area contributed by atoms with E-state index < -0.39 is 0 Å². The van der Waals surface area contributed by atoms with E-state index >= 15 is 0 Å². The molecule has 28 heavy (non-hydrogen) atoms. The van der Waals surface area contributed by atoms with Crippen LogP contribution in [-0.4, -0.2) is 28.0 Å². The molecule has 0 saturated carbocycles. The number of rotatable bonds is 6. The topological polar surface area (TPSA) is 36.4 Å². The number of methoxy groups -OCH3 is 1. The van der Waals surface area contributed by atoms with Crippen LogP contribution in [-0.2, 0) is 19.6 Å². The number of hydrogen-bond acceptors (Lipinski definition) is 4. The summed E-state index contributed by atoms with van der Waals surface area (Å²) in [6, 6.07) is 10.7. The molecule has 3 heterocycles. The summed E-state index contributed by atoms with van der Waals surface area (Å²) in [7, 11) is 1.67. The molecule has 2 aromatic heterocycles. The van der Waals surface area contributed by atoms with Gasteiger partial charge < -0.3 is 9.64 Å². The van der Waals surface area contributed by atoms with E-state index in [1.165, 1.54) is 15.3 Å². The minimum atomic E-state index is 0.450. The maximum absolute atomic E-state index is 5.77. The van der Waals surface area contributed by atoms with E-state index in [2.05, 4.69) is 24.9 Å². The monoisotopic (exact) mass is 413 g/mol. The number of nitrogens with one attached hydrogen (secondary N) is 1. The average Bonchev–Trinajstić information content (AvgIpc) is 3.31. The van der Waals surface area contributed by atoms with Gasteiger partial charge in [-0.25, -0.2) is 0 Å². The number of ether oxygens (including phenoxy) is 1. The van der Waals surface area contributed by atoms with Crippen LogP contribution in [0.5, 0.6) is 5.75 Å². The summed E-state index contributed by atoms with van der Waals surface area (Å²) in [5.41, 5.74) is 2.49. The fourth-order valence-corrected chi connectivity index (χ4v) is 5.10. The zero-order valence-corrected chi connectivity index (χ0v) is 17.9. The molecule has 1 N–H and O–H groups in total. The smallest absolute Gasteiger partial charge is 0.203 e. The first kappa shape index (κ1) is 19.1. The number of quaternary nitrogens is 1. The van der Waals surface area contributed by atoms with Crippen LogP contribution < -0.4 is 9.64 Å². The van der Waals surface area contributed by atoms with Gasteiger partial charge in [-0.1, -0.05) is 6.08 Å². The lowest BCUT2D eigenvalue weighted by Gasteiger charge is -2.30. The van der Waals surface area contributed by atoms with Crippen LogP contribution in [0.1, 0.15) is 23.4 Å². The molecule has 1 aliphatic rings. The molecule has 0 saturated heterocycles. The summed E-state index contributed by atoms with van der Waals surface area (Å²) < 4.78 is 10.0. The Balaban J connectivity index is 1.66. The third kappa shape index (κ3) is 3.45. The van der Waals surface area contributed by atoms with E-state index in [9.17, 15) is 0 Å². The summed E-state index contributed by atoms with van der Waals surface area (Å²) in [5.74, 6) is 1.70. The molecule has 7 heteroatoms. The van der Waals surface area contributed by atoms with Gasteiger partial charge in [0.05, 0.1) is 13.7 Å². The summed E-state index contributed by atoms with van der Waals surface area (Å²) in [6.45, 7) is 8.69. The Labute approximate surface area is 174 Å². The normalized spacial score (nSPS) is 18.6. The van der Waals surface area contributed by atoms with E-state index in [0.29, 0.717) is 12.6 Å². The van der Waals surface area contributed by atoms with Crippen molar-refractivity contribution in [2.75, 3.05) is 13.7 Å². The largest absolute Gasteiger partial charge is 0.497 e. The molecular formula is C21H25N4OS2+. The lowest BCUT2D eigenvalue weighted by molar-refractivity contribution is -0.954. The van der Waals surface area contributed by atoms with E-state index in [-0.39, 0.29) is 0 Å². The molecule has 5 nitrogen and oxygen atoms in total. The summed E-state index contributed by atoms with van der Waals surface area (Å²) in [4.78, 5) is 3.02. The number of thiophene rings is 1. The highest BCUT2D eigenvalue weighted by atomic mass is 32.1. The fraction of sp³-hybridized carbons (Fsp3) is 0.333. The minimum Gasteiger partial charge on any atom is -0.497 e. The molecule has 1 aromatic carbocycles. The van der Waals surface area contributed by atoms with E-state index in [1.54, 1.807) is 7.11 Å². The van der Waals surface area contributed by atoms with E-state index in [4.69, 9.17) is 22.1 Å². The van der Waals surface area contributed by atoms with Crippen molar-refractivity contribution < 1.29 is 9.64 Å². The Bertz CT molecular complexity index is 1030. The van der Waals surface area contributed by atoms with Crippen LogP contribution in [0.3, 0.4) is 0 Å². The van der Waals surface area contributed by atoms with Gasteiger partial charge >= 0.3 is 0 Å². The second-order valence-corrected chi connectivity index (χ2v) is 8.44. The molecule has 146 valence electrons. The van der Waals surface area contributed by atoms with Gasteiger partial charge in [-0.3, -0.25) is 4.57 Å². The molecule has 2 atom stereocenters. The highest BCUT2D eigenvalue weighted by Gasteiger charge is 2.29. The van der Waals surface area contributed by atoms with Gasteiger partial charge in [0.1, 0.15) is 11.8 Å². The van der Waals surface area contributed by atoms with E-state index in [0.717, 1.165) is 41.5 Å². The maximum Gasteiger partial charge on any atom is 0.203 e. The van der Waals surface area contributed by atoms with E-state index in [1.807, 2.05) is 50.9 Å². The van der Waals surface area contributed by atoms with Crippen LogP contribution in [0, 0.1) is 4.77 Å². The number of aromatic nitrogens is 3. The predicted molar refractivity (Wildman–Crippen MR) is 116 cm³/mol. The van der Waals surface area contributed by atoms with Crippen molar-refractivity contribution in [1.29, 1.82) is 0 Å². The first-order valence-electron chi connectivity index (χ1n) is 9.46. The fourth-order valence-electron chi connectivity index (χ4n) is 3.85.